The summed E-state index contributed by atoms with van der Waals surface area (Å²) in [6, 6.07) is 0.426. The van der Waals surface area contributed by atoms with E-state index in [1.165, 1.54) is 0 Å². The third kappa shape index (κ3) is 7.85. The van der Waals surface area contributed by atoms with E-state index in [2.05, 4.69) is 45.1 Å². The molecule has 0 radical (unpaired) electrons. The summed E-state index contributed by atoms with van der Waals surface area (Å²) in [5.41, 5.74) is 5.53. The average Bonchev–Trinajstić information content (AvgIpc) is 2.41. The van der Waals surface area contributed by atoms with Crippen molar-refractivity contribution >= 4 is 5.91 Å². The Bertz CT molecular complexity index is 252. The highest BCUT2D eigenvalue weighted by Crippen LogP contribution is 2.16. The normalized spacial score (nSPS) is 14.6. The van der Waals surface area contributed by atoms with Crippen molar-refractivity contribution in [3.05, 3.63) is 0 Å². The molecule has 2 atom stereocenters. The summed E-state index contributed by atoms with van der Waals surface area (Å²) in [6.45, 7) is 8.07. The van der Waals surface area contributed by atoms with Gasteiger partial charge in [-0.15, -0.1) is 0 Å². The standard InChI is InChI=1S/C16H35N3O/c1-6-14(7-2)15(19(4)5)12-18-16(20)9-8-13(3)10-11-17/h13-15H,6-12,17H2,1-5H3,(H,18,20). The van der Waals surface area contributed by atoms with Gasteiger partial charge in [-0.1, -0.05) is 33.6 Å². The lowest BCUT2D eigenvalue weighted by atomic mass is 9.93. The smallest absolute Gasteiger partial charge is 0.220 e. The maximum absolute atomic E-state index is 11.9. The Morgan fingerprint density at radius 2 is 1.80 bits per heavy atom. The minimum atomic E-state index is 0.173. The van der Waals surface area contributed by atoms with Gasteiger partial charge < -0.3 is 16.0 Å². The number of hydrogen-bond donors (Lipinski definition) is 2. The highest BCUT2D eigenvalue weighted by molar-refractivity contribution is 5.75. The lowest BCUT2D eigenvalue weighted by Crippen LogP contribution is -2.44. The molecule has 0 aliphatic rings. The van der Waals surface area contributed by atoms with Crippen molar-refractivity contribution in [1.82, 2.24) is 10.2 Å². The van der Waals surface area contributed by atoms with Crippen LogP contribution in [0.5, 0.6) is 0 Å². The minimum Gasteiger partial charge on any atom is -0.355 e. The van der Waals surface area contributed by atoms with Crippen molar-refractivity contribution in [2.75, 3.05) is 27.2 Å². The molecule has 0 spiro atoms. The molecule has 0 bridgehead atoms. The van der Waals surface area contributed by atoms with E-state index >= 15 is 0 Å². The van der Waals surface area contributed by atoms with Gasteiger partial charge in [0.1, 0.15) is 0 Å². The first-order chi connectivity index (χ1) is 9.46. The van der Waals surface area contributed by atoms with Crippen LogP contribution >= 0.6 is 0 Å². The van der Waals surface area contributed by atoms with Crippen LogP contribution in [0.4, 0.5) is 0 Å². The van der Waals surface area contributed by atoms with Gasteiger partial charge >= 0.3 is 0 Å². The first-order valence-electron chi connectivity index (χ1n) is 8.09. The van der Waals surface area contributed by atoms with E-state index in [-0.39, 0.29) is 5.91 Å². The molecule has 0 aromatic carbocycles. The van der Waals surface area contributed by atoms with Gasteiger partial charge in [0.2, 0.25) is 5.91 Å². The molecular weight excluding hydrogens is 250 g/mol. The largest absolute Gasteiger partial charge is 0.355 e. The summed E-state index contributed by atoms with van der Waals surface area (Å²) in [7, 11) is 4.19. The highest BCUT2D eigenvalue weighted by Gasteiger charge is 2.21. The second-order valence-corrected chi connectivity index (χ2v) is 6.13. The predicted octanol–water partition coefficient (Wildman–Crippen LogP) is 2.23. The Morgan fingerprint density at radius 1 is 1.20 bits per heavy atom. The number of nitrogens with zero attached hydrogens (tertiary/aromatic N) is 1. The predicted molar refractivity (Wildman–Crippen MR) is 86.6 cm³/mol. The number of likely N-dealkylation sites (N-methyl/N-ethyl adjacent to an activating group) is 1. The monoisotopic (exact) mass is 285 g/mol. The van der Waals surface area contributed by atoms with Crippen molar-refractivity contribution in [1.29, 1.82) is 0 Å². The molecule has 0 saturated carbocycles. The molecule has 0 aliphatic heterocycles. The zero-order valence-electron chi connectivity index (χ0n) is 14.1. The number of carbonyl (C=O) groups is 1. The topological polar surface area (TPSA) is 58.4 Å². The number of carbonyl (C=O) groups excluding carboxylic acids is 1. The summed E-state index contributed by atoms with van der Waals surface area (Å²) in [5, 5.41) is 3.10. The fourth-order valence-corrected chi connectivity index (χ4v) is 2.72. The van der Waals surface area contributed by atoms with Crippen LogP contribution in [-0.2, 0) is 4.79 Å². The van der Waals surface area contributed by atoms with Crippen molar-refractivity contribution in [2.24, 2.45) is 17.6 Å². The zero-order chi connectivity index (χ0) is 15.5. The molecule has 4 nitrogen and oxygen atoms in total. The van der Waals surface area contributed by atoms with Gasteiger partial charge in [-0.2, -0.15) is 0 Å². The molecule has 2 unspecified atom stereocenters. The molecule has 3 N–H and O–H groups in total. The summed E-state index contributed by atoms with van der Waals surface area (Å²) in [6.07, 6.45) is 4.86. The average molecular weight is 285 g/mol. The van der Waals surface area contributed by atoms with Gasteiger partial charge in [-0.3, -0.25) is 4.79 Å². The molecule has 4 heteroatoms. The number of rotatable bonds is 11. The van der Waals surface area contributed by atoms with Crippen LogP contribution in [0.2, 0.25) is 0 Å². The van der Waals surface area contributed by atoms with E-state index in [1.54, 1.807) is 0 Å². The summed E-state index contributed by atoms with van der Waals surface area (Å²) < 4.78 is 0. The van der Waals surface area contributed by atoms with Crippen LogP contribution in [-0.4, -0.2) is 44.0 Å². The SMILES string of the molecule is CCC(CC)C(CNC(=O)CCC(C)CCN)N(C)C. The zero-order valence-corrected chi connectivity index (χ0v) is 14.1. The van der Waals surface area contributed by atoms with Crippen LogP contribution in [0.15, 0.2) is 0 Å². The molecule has 20 heavy (non-hydrogen) atoms. The van der Waals surface area contributed by atoms with E-state index in [4.69, 9.17) is 5.73 Å². The number of nitrogens with one attached hydrogen (secondary N) is 1. The van der Waals surface area contributed by atoms with Crippen molar-refractivity contribution in [2.45, 2.75) is 58.9 Å². The Hall–Kier alpha value is -0.610. The quantitative estimate of drug-likeness (QED) is 0.612. The van der Waals surface area contributed by atoms with Gasteiger partial charge in [0.15, 0.2) is 0 Å². The number of hydrogen-bond acceptors (Lipinski definition) is 3. The van der Waals surface area contributed by atoms with Gasteiger partial charge in [0.05, 0.1) is 0 Å². The third-order valence-electron chi connectivity index (χ3n) is 4.29. The second kappa shape index (κ2) is 11.1. The second-order valence-electron chi connectivity index (χ2n) is 6.13. The van der Waals surface area contributed by atoms with Crippen LogP contribution in [0.25, 0.3) is 0 Å². The molecule has 120 valence electrons. The first-order valence-corrected chi connectivity index (χ1v) is 8.09. The van der Waals surface area contributed by atoms with Gasteiger partial charge in [-0.05, 0) is 45.3 Å². The molecule has 0 fully saturated rings. The van der Waals surface area contributed by atoms with Crippen molar-refractivity contribution < 1.29 is 4.79 Å². The Morgan fingerprint density at radius 3 is 2.25 bits per heavy atom. The molecule has 0 saturated heterocycles. The van der Waals surface area contributed by atoms with E-state index in [9.17, 15) is 4.79 Å². The van der Waals surface area contributed by atoms with Gasteiger partial charge in [0.25, 0.3) is 0 Å². The Labute approximate surface area is 125 Å². The van der Waals surface area contributed by atoms with Crippen LogP contribution in [0.1, 0.15) is 52.9 Å². The van der Waals surface area contributed by atoms with E-state index in [0.29, 0.717) is 30.8 Å². The van der Waals surface area contributed by atoms with Crippen molar-refractivity contribution in [3.63, 3.8) is 0 Å². The molecule has 0 aromatic heterocycles. The van der Waals surface area contributed by atoms with Gasteiger partial charge in [-0.25, -0.2) is 0 Å². The van der Waals surface area contributed by atoms with E-state index < -0.39 is 0 Å². The molecule has 0 aliphatic carbocycles. The number of nitrogens with two attached hydrogens (primary N) is 1. The lowest BCUT2D eigenvalue weighted by molar-refractivity contribution is -0.121. The Balaban J connectivity index is 4.11. The summed E-state index contributed by atoms with van der Waals surface area (Å²) >= 11 is 0. The molecule has 0 rings (SSSR count). The summed E-state index contributed by atoms with van der Waals surface area (Å²) in [4.78, 5) is 14.1. The molecule has 1 amide bonds. The maximum atomic E-state index is 11.9. The maximum Gasteiger partial charge on any atom is 0.220 e. The van der Waals surface area contributed by atoms with Crippen LogP contribution in [0.3, 0.4) is 0 Å². The molecular formula is C16H35N3O. The van der Waals surface area contributed by atoms with E-state index in [0.717, 1.165) is 32.2 Å². The fourth-order valence-electron chi connectivity index (χ4n) is 2.72. The fraction of sp³-hybridized carbons (Fsp3) is 0.938. The molecule has 0 aromatic rings. The van der Waals surface area contributed by atoms with Gasteiger partial charge in [0, 0.05) is 19.0 Å². The van der Waals surface area contributed by atoms with E-state index in [1.807, 2.05) is 0 Å². The lowest BCUT2D eigenvalue weighted by Gasteiger charge is -2.31. The minimum absolute atomic E-state index is 0.173. The molecule has 0 heterocycles. The van der Waals surface area contributed by atoms with Crippen LogP contribution < -0.4 is 11.1 Å². The third-order valence-corrected chi connectivity index (χ3v) is 4.29. The highest BCUT2D eigenvalue weighted by atomic mass is 16.1. The number of amides is 1. The van der Waals surface area contributed by atoms with Crippen molar-refractivity contribution in [3.8, 4) is 0 Å². The Kier molecular flexibility index (Phi) is 10.8. The summed E-state index contributed by atoms with van der Waals surface area (Å²) in [5.74, 6) is 1.35. The van der Waals surface area contributed by atoms with Crippen LogP contribution in [0, 0.1) is 11.8 Å². The first kappa shape index (κ1) is 19.4.